The van der Waals surface area contributed by atoms with E-state index in [9.17, 15) is 4.79 Å². The first-order chi connectivity index (χ1) is 14.2. The number of thioether (sulfide) groups is 1. The number of nitrogens with zero attached hydrogens (tertiary/aromatic N) is 2. The molecule has 0 N–H and O–H groups in total. The summed E-state index contributed by atoms with van der Waals surface area (Å²) in [7, 11) is 1.62. The molecular weight excluding hydrogens is 448 g/mol. The zero-order chi connectivity index (χ0) is 20.2. The third-order valence-corrected chi connectivity index (χ3v) is 5.74. The maximum Gasteiger partial charge on any atom is 0.271 e. The fourth-order valence-electron chi connectivity index (χ4n) is 2.93. The van der Waals surface area contributed by atoms with E-state index in [4.69, 9.17) is 9.73 Å². The highest BCUT2D eigenvalue weighted by Gasteiger charge is 2.34. The average molecular weight is 465 g/mol. The number of benzene rings is 3. The van der Waals surface area contributed by atoms with Crippen molar-refractivity contribution in [1.82, 2.24) is 0 Å². The van der Waals surface area contributed by atoms with Crippen LogP contribution in [0.4, 0.5) is 11.4 Å². The summed E-state index contributed by atoms with van der Waals surface area (Å²) in [6.07, 6.45) is 1.85. The second-order valence-corrected chi connectivity index (χ2v) is 8.13. The number of amides is 1. The minimum Gasteiger partial charge on any atom is -0.496 e. The number of anilines is 1. The smallest absolute Gasteiger partial charge is 0.271 e. The number of amidine groups is 1. The minimum absolute atomic E-state index is 0.113. The third kappa shape index (κ3) is 4.28. The molecule has 6 heteroatoms. The van der Waals surface area contributed by atoms with E-state index >= 15 is 0 Å². The summed E-state index contributed by atoms with van der Waals surface area (Å²) in [6.45, 7) is 0. The van der Waals surface area contributed by atoms with Gasteiger partial charge >= 0.3 is 0 Å². The van der Waals surface area contributed by atoms with Crippen LogP contribution in [-0.4, -0.2) is 18.2 Å². The maximum atomic E-state index is 13.3. The molecule has 0 saturated carbocycles. The Kier molecular flexibility index (Phi) is 5.83. The van der Waals surface area contributed by atoms with Gasteiger partial charge in [0.25, 0.3) is 5.91 Å². The number of hydrogen-bond donors (Lipinski definition) is 0. The molecule has 3 aromatic carbocycles. The lowest BCUT2D eigenvalue weighted by Crippen LogP contribution is -2.28. The van der Waals surface area contributed by atoms with Gasteiger partial charge in [0, 0.05) is 10.0 Å². The SMILES string of the molecule is COc1ccc(Br)cc1C=C1SC(=Nc2ccccc2)N(c2ccccc2)C1=O. The summed E-state index contributed by atoms with van der Waals surface area (Å²) in [5.74, 6) is 0.590. The van der Waals surface area contributed by atoms with E-state index in [0.717, 1.165) is 21.4 Å². The van der Waals surface area contributed by atoms with Crippen molar-refractivity contribution < 1.29 is 9.53 Å². The van der Waals surface area contributed by atoms with Crippen molar-refractivity contribution in [2.75, 3.05) is 12.0 Å². The molecule has 1 heterocycles. The second-order valence-electron chi connectivity index (χ2n) is 6.20. The standard InChI is InChI=1S/C23H17BrN2O2S/c1-28-20-13-12-17(24)14-16(20)15-21-22(27)26(19-10-6-3-7-11-19)23(29-21)25-18-8-4-2-5-9-18/h2-15H,1H3. The van der Waals surface area contributed by atoms with Gasteiger partial charge in [-0.15, -0.1) is 0 Å². The van der Waals surface area contributed by atoms with Crippen molar-refractivity contribution in [1.29, 1.82) is 0 Å². The lowest BCUT2D eigenvalue weighted by atomic mass is 10.2. The van der Waals surface area contributed by atoms with Crippen molar-refractivity contribution >= 4 is 56.2 Å². The number of hydrogen-bond acceptors (Lipinski definition) is 4. The van der Waals surface area contributed by atoms with Gasteiger partial charge in [-0.25, -0.2) is 4.99 Å². The van der Waals surface area contributed by atoms with Crippen molar-refractivity contribution in [2.24, 2.45) is 4.99 Å². The topological polar surface area (TPSA) is 41.9 Å². The van der Waals surface area contributed by atoms with Crippen LogP contribution in [0.25, 0.3) is 6.08 Å². The van der Waals surface area contributed by atoms with Crippen LogP contribution in [0.1, 0.15) is 5.56 Å². The minimum atomic E-state index is -0.113. The lowest BCUT2D eigenvalue weighted by molar-refractivity contribution is -0.113. The van der Waals surface area contributed by atoms with Gasteiger partial charge in [0.15, 0.2) is 5.17 Å². The van der Waals surface area contributed by atoms with E-state index in [0.29, 0.717) is 15.8 Å². The molecule has 4 nitrogen and oxygen atoms in total. The van der Waals surface area contributed by atoms with Gasteiger partial charge in [0.2, 0.25) is 0 Å². The molecule has 0 aliphatic carbocycles. The normalized spacial score (nSPS) is 16.6. The highest BCUT2D eigenvalue weighted by molar-refractivity contribution is 9.10. The highest BCUT2D eigenvalue weighted by Crippen LogP contribution is 2.38. The van der Waals surface area contributed by atoms with Gasteiger partial charge in [-0.05, 0) is 60.3 Å². The van der Waals surface area contributed by atoms with Crippen LogP contribution in [0.3, 0.4) is 0 Å². The number of carbonyl (C=O) groups is 1. The Hall–Kier alpha value is -2.83. The van der Waals surface area contributed by atoms with Crippen molar-refractivity contribution in [2.45, 2.75) is 0 Å². The largest absolute Gasteiger partial charge is 0.496 e. The van der Waals surface area contributed by atoms with Gasteiger partial charge in [-0.1, -0.05) is 52.3 Å². The van der Waals surface area contributed by atoms with E-state index in [1.807, 2.05) is 84.9 Å². The fraction of sp³-hybridized carbons (Fsp3) is 0.0435. The Morgan fingerprint density at radius 1 is 1.00 bits per heavy atom. The maximum absolute atomic E-state index is 13.3. The first kappa shape index (κ1) is 19.5. The van der Waals surface area contributed by atoms with Crippen LogP contribution >= 0.6 is 27.7 Å². The van der Waals surface area contributed by atoms with E-state index in [-0.39, 0.29) is 5.91 Å². The second kappa shape index (κ2) is 8.68. The molecule has 0 unspecified atom stereocenters. The number of ether oxygens (including phenoxy) is 1. The van der Waals surface area contributed by atoms with Crippen LogP contribution in [0.2, 0.25) is 0 Å². The third-order valence-electron chi connectivity index (χ3n) is 4.28. The van der Waals surface area contributed by atoms with Crippen LogP contribution < -0.4 is 9.64 Å². The number of methoxy groups -OCH3 is 1. The van der Waals surface area contributed by atoms with Gasteiger partial charge in [-0.3, -0.25) is 9.69 Å². The van der Waals surface area contributed by atoms with Gasteiger partial charge in [0.1, 0.15) is 5.75 Å². The molecule has 0 aromatic heterocycles. The molecule has 144 valence electrons. The van der Waals surface area contributed by atoms with Gasteiger partial charge < -0.3 is 4.74 Å². The van der Waals surface area contributed by atoms with Crippen molar-refractivity contribution in [3.8, 4) is 5.75 Å². The van der Waals surface area contributed by atoms with Crippen molar-refractivity contribution in [3.63, 3.8) is 0 Å². The average Bonchev–Trinajstić information content (AvgIpc) is 3.04. The molecule has 4 rings (SSSR count). The molecule has 0 bridgehead atoms. The van der Waals surface area contributed by atoms with Crippen LogP contribution in [0.15, 0.2) is 93.2 Å². The van der Waals surface area contributed by atoms with Gasteiger partial charge in [0.05, 0.1) is 23.4 Å². The Balaban J connectivity index is 1.79. The fourth-order valence-corrected chi connectivity index (χ4v) is 4.30. The number of para-hydroxylation sites is 2. The highest BCUT2D eigenvalue weighted by atomic mass is 79.9. The summed E-state index contributed by atoms with van der Waals surface area (Å²) in [5.41, 5.74) is 2.40. The predicted molar refractivity (Wildman–Crippen MR) is 124 cm³/mol. The summed E-state index contributed by atoms with van der Waals surface area (Å²) >= 11 is 4.84. The molecule has 1 saturated heterocycles. The number of rotatable bonds is 4. The predicted octanol–water partition coefficient (Wildman–Crippen LogP) is 6.27. The first-order valence-electron chi connectivity index (χ1n) is 8.92. The molecule has 29 heavy (non-hydrogen) atoms. The van der Waals surface area contributed by atoms with Crippen LogP contribution in [-0.2, 0) is 4.79 Å². The quantitative estimate of drug-likeness (QED) is 0.427. The monoisotopic (exact) mass is 464 g/mol. The number of halogens is 1. The van der Waals surface area contributed by atoms with E-state index in [2.05, 4.69) is 15.9 Å². The van der Waals surface area contributed by atoms with Gasteiger partial charge in [-0.2, -0.15) is 0 Å². The molecule has 0 spiro atoms. The number of carbonyl (C=O) groups excluding carboxylic acids is 1. The van der Waals surface area contributed by atoms with Crippen LogP contribution in [0, 0.1) is 0 Å². The molecule has 1 fully saturated rings. The van der Waals surface area contributed by atoms with Crippen LogP contribution in [0.5, 0.6) is 5.75 Å². The van der Waals surface area contributed by atoms with E-state index in [1.54, 1.807) is 12.0 Å². The van der Waals surface area contributed by atoms with E-state index in [1.165, 1.54) is 11.8 Å². The molecule has 0 atom stereocenters. The number of aliphatic imine (C=N–C) groups is 1. The first-order valence-corrected chi connectivity index (χ1v) is 10.5. The Morgan fingerprint density at radius 2 is 1.69 bits per heavy atom. The Bertz CT molecular complexity index is 1100. The van der Waals surface area contributed by atoms with E-state index < -0.39 is 0 Å². The molecule has 3 aromatic rings. The molecule has 0 radical (unpaired) electrons. The summed E-state index contributed by atoms with van der Waals surface area (Å²) in [6, 6.07) is 24.9. The Morgan fingerprint density at radius 3 is 2.38 bits per heavy atom. The Labute approximate surface area is 182 Å². The molecular formula is C23H17BrN2O2S. The summed E-state index contributed by atoms with van der Waals surface area (Å²) < 4.78 is 6.37. The molecule has 1 amide bonds. The lowest BCUT2D eigenvalue weighted by Gasteiger charge is -2.15. The molecule has 1 aliphatic heterocycles. The zero-order valence-electron chi connectivity index (χ0n) is 15.6. The summed E-state index contributed by atoms with van der Waals surface area (Å²) in [4.78, 5) is 20.3. The summed E-state index contributed by atoms with van der Waals surface area (Å²) in [5, 5.41) is 0.618. The van der Waals surface area contributed by atoms with Crippen molar-refractivity contribution in [3.05, 3.63) is 93.8 Å². The zero-order valence-corrected chi connectivity index (χ0v) is 18.0. The molecule has 1 aliphatic rings.